The molecule has 1 saturated carbocycles. The summed E-state index contributed by atoms with van der Waals surface area (Å²) < 4.78 is 7.65. The number of nitrogens with zero attached hydrogens (tertiary/aromatic N) is 1. The first-order valence-corrected chi connectivity index (χ1v) is 8.27. The van der Waals surface area contributed by atoms with E-state index in [2.05, 4.69) is 29.8 Å². The zero-order valence-corrected chi connectivity index (χ0v) is 13.8. The number of aryl methyl sites for hydroxylation is 1. The Kier molecular flexibility index (Phi) is 4.70. The van der Waals surface area contributed by atoms with Crippen LogP contribution in [0.2, 0.25) is 0 Å². The lowest BCUT2D eigenvalue weighted by Gasteiger charge is -2.09. The van der Waals surface area contributed by atoms with E-state index in [1.54, 1.807) is 0 Å². The van der Waals surface area contributed by atoms with Gasteiger partial charge >= 0.3 is 6.09 Å². The molecule has 1 aliphatic carbocycles. The minimum absolute atomic E-state index is 0.308. The summed E-state index contributed by atoms with van der Waals surface area (Å²) in [6.45, 7) is 5.25. The van der Waals surface area contributed by atoms with Crippen molar-refractivity contribution in [3.8, 4) is 0 Å². The topological polar surface area (TPSA) is 43.3 Å². The van der Waals surface area contributed by atoms with Crippen molar-refractivity contribution in [2.75, 3.05) is 6.54 Å². The minimum atomic E-state index is -0.357. The summed E-state index contributed by atoms with van der Waals surface area (Å²) in [5.41, 5.74) is 4.98. The summed E-state index contributed by atoms with van der Waals surface area (Å²) in [6.07, 6.45) is 3.07. The fourth-order valence-electron chi connectivity index (χ4n) is 3.07. The predicted molar refractivity (Wildman–Crippen MR) is 90.5 cm³/mol. The van der Waals surface area contributed by atoms with Crippen LogP contribution in [-0.4, -0.2) is 17.2 Å². The average molecular weight is 312 g/mol. The van der Waals surface area contributed by atoms with Crippen molar-refractivity contribution >= 4 is 6.09 Å². The van der Waals surface area contributed by atoms with E-state index < -0.39 is 0 Å². The monoisotopic (exact) mass is 312 g/mol. The zero-order chi connectivity index (χ0) is 16.2. The highest BCUT2D eigenvalue weighted by Gasteiger charge is 2.26. The molecular formula is C19H24N2O2. The Morgan fingerprint density at radius 1 is 1.26 bits per heavy atom. The van der Waals surface area contributed by atoms with Crippen LogP contribution in [0, 0.1) is 13.8 Å². The van der Waals surface area contributed by atoms with E-state index in [0.29, 0.717) is 19.2 Å². The van der Waals surface area contributed by atoms with E-state index in [-0.39, 0.29) is 6.09 Å². The van der Waals surface area contributed by atoms with Gasteiger partial charge in [-0.25, -0.2) is 4.79 Å². The molecule has 0 bridgehead atoms. The van der Waals surface area contributed by atoms with E-state index in [1.807, 2.05) is 30.3 Å². The summed E-state index contributed by atoms with van der Waals surface area (Å²) in [5.74, 6) is 0. The van der Waals surface area contributed by atoms with Gasteiger partial charge in [0.15, 0.2) is 0 Å². The number of aromatic nitrogens is 1. The number of nitrogens with one attached hydrogen (secondary N) is 1. The van der Waals surface area contributed by atoms with Crippen LogP contribution < -0.4 is 5.32 Å². The molecule has 3 rings (SSSR count). The molecular weight excluding hydrogens is 288 g/mol. The average Bonchev–Trinajstić information content (AvgIpc) is 3.33. The van der Waals surface area contributed by atoms with E-state index in [4.69, 9.17) is 4.74 Å². The van der Waals surface area contributed by atoms with Gasteiger partial charge in [-0.15, -0.1) is 0 Å². The Hall–Kier alpha value is -2.23. The van der Waals surface area contributed by atoms with Crippen LogP contribution >= 0.6 is 0 Å². The highest BCUT2D eigenvalue weighted by atomic mass is 16.5. The smallest absolute Gasteiger partial charge is 0.407 e. The van der Waals surface area contributed by atoms with Crippen LogP contribution in [0.25, 0.3) is 0 Å². The third-order valence-electron chi connectivity index (χ3n) is 4.38. The van der Waals surface area contributed by atoms with Gasteiger partial charge in [-0.05, 0) is 50.3 Å². The predicted octanol–water partition coefficient (Wildman–Crippen LogP) is 3.91. The van der Waals surface area contributed by atoms with Crippen molar-refractivity contribution in [3.63, 3.8) is 0 Å². The number of amides is 1. The molecule has 0 saturated heterocycles. The molecule has 1 aromatic carbocycles. The standard InChI is InChI=1S/C19H24N2O2/c1-14-12-17(15(2)21(14)18-8-9-18)10-11-20-19(22)23-13-16-6-4-3-5-7-16/h3-7,12,18H,8-11,13H2,1-2H3,(H,20,22). The molecule has 23 heavy (non-hydrogen) atoms. The summed E-state index contributed by atoms with van der Waals surface area (Å²) >= 11 is 0. The lowest BCUT2D eigenvalue weighted by Crippen LogP contribution is -2.26. The molecule has 1 N–H and O–H groups in total. The minimum Gasteiger partial charge on any atom is -0.445 e. The fraction of sp³-hybridized carbons (Fsp3) is 0.421. The number of rotatable bonds is 6. The van der Waals surface area contributed by atoms with Gasteiger partial charge in [-0.2, -0.15) is 0 Å². The van der Waals surface area contributed by atoms with Crippen LogP contribution in [0.3, 0.4) is 0 Å². The van der Waals surface area contributed by atoms with Gasteiger partial charge in [0, 0.05) is 24.0 Å². The van der Waals surface area contributed by atoms with Crippen molar-refractivity contribution in [1.29, 1.82) is 0 Å². The van der Waals surface area contributed by atoms with Crippen molar-refractivity contribution < 1.29 is 9.53 Å². The molecule has 4 heteroatoms. The van der Waals surface area contributed by atoms with Crippen molar-refractivity contribution in [2.45, 2.75) is 45.8 Å². The second kappa shape index (κ2) is 6.90. The molecule has 122 valence electrons. The van der Waals surface area contributed by atoms with Crippen molar-refractivity contribution in [2.24, 2.45) is 0 Å². The third-order valence-corrected chi connectivity index (χ3v) is 4.38. The first-order chi connectivity index (χ1) is 11.1. The van der Waals surface area contributed by atoms with Crippen molar-refractivity contribution in [1.82, 2.24) is 9.88 Å². The quantitative estimate of drug-likeness (QED) is 0.879. The van der Waals surface area contributed by atoms with E-state index >= 15 is 0 Å². The van der Waals surface area contributed by atoms with Gasteiger partial charge in [0.25, 0.3) is 0 Å². The lowest BCUT2D eigenvalue weighted by molar-refractivity contribution is 0.140. The molecule has 2 aromatic rings. The molecule has 0 atom stereocenters. The Labute approximate surface area is 137 Å². The Morgan fingerprint density at radius 3 is 2.70 bits per heavy atom. The van der Waals surface area contributed by atoms with Crippen LogP contribution in [0.1, 0.15) is 41.4 Å². The van der Waals surface area contributed by atoms with Crippen LogP contribution in [0.5, 0.6) is 0 Å². The largest absolute Gasteiger partial charge is 0.445 e. The van der Waals surface area contributed by atoms with Gasteiger partial charge in [-0.3, -0.25) is 0 Å². The summed E-state index contributed by atoms with van der Waals surface area (Å²) in [6, 6.07) is 12.7. The van der Waals surface area contributed by atoms with Crippen LogP contribution in [0.15, 0.2) is 36.4 Å². The summed E-state index contributed by atoms with van der Waals surface area (Å²) in [4.78, 5) is 11.7. The van der Waals surface area contributed by atoms with E-state index in [9.17, 15) is 4.79 Å². The first-order valence-electron chi connectivity index (χ1n) is 8.27. The molecule has 0 radical (unpaired) electrons. The maximum atomic E-state index is 11.7. The Bertz CT molecular complexity index is 672. The number of carbonyl (C=O) groups excluding carboxylic acids is 1. The van der Waals surface area contributed by atoms with Crippen LogP contribution in [-0.2, 0) is 17.8 Å². The van der Waals surface area contributed by atoms with Gasteiger partial charge in [0.2, 0.25) is 0 Å². The normalized spacial score (nSPS) is 13.8. The number of carbonyl (C=O) groups is 1. The number of alkyl carbamates (subject to hydrolysis) is 1. The van der Waals surface area contributed by atoms with Crippen LogP contribution in [0.4, 0.5) is 4.79 Å². The van der Waals surface area contributed by atoms with E-state index in [0.717, 1.165) is 12.0 Å². The molecule has 1 aromatic heterocycles. The molecule has 1 heterocycles. The van der Waals surface area contributed by atoms with E-state index in [1.165, 1.54) is 29.8 Å². The molecule has 1 aliphatic rings. The first kappa shape index (κ1) is 15.7. The third kappa shape index (κ3) is 3.95. The van der Waals surface area contributed by atoms with Gasteiger partial charge in [0.05, 0.1) is 0 Å². The molecule has 4 nitrogen and oxygen atoms in total. The number of hydrogen-bond acceptors (Lipinski definition) is 2. The Balaban J connectivity index is 1.44. The van der Waals surface area contributed by atoms with Gasteiger partial charge < -0.3 is 14.6 Å². The SMILES string of the molecule is Cc1cc(CCNC(=O)OCc2ccccc2)c(C)n1C1CC1. The maximum absolute atomic E-state index is 11.7. The summed E-state index contributed by atoms with van der Waals surface area (Å²) in [7, 11) is 0. The maximum Gasteiger partial charge on any atom is 0.407 e. The fourth-order valence-corrected chi connectivity index (χ4v) is 3.07. The highest BCUT2D eigenvalue weighted by molar-refractivity contribution is 5.67. The number of hydrogen-bond donors (Lipinski definition) is 1. The molecule has 1 amide bonds. The van der Waals surface area contributed by atoms with Crippen molar-refractivity contribution in [3.05, 3.63) is 58.9 Å². The zero-order valence-electron chi connectivity index (χ0n) is 13.8. The highest BCUT2D eigenvalue weighted by Crippen LogP contribution is 2.38. The Morgan fingerprint density at radius 2 is 2.00 bits per heavy atom. The molecule has 0 unspecified atom stereocenters. The van der Waals surface area contributed by atoms with Gasteiger partial charge in [0.1, 0.15) is 6.61 Å². The second-order valence-corrected chi connectivity index (χ2v) is 6.24. The number of benzene rings is 1. The molecule has 0 spiro atoms. The number of ether oxygens (including phenoxy) is 1. The molecule has 1 fully saturated rings. The second-order valence-electron chi connectivity index (χ2n) is 6.24. The summed E-state index contributed by atoms with van der Waals surface area (Å²) in [5, 5.41) is 2.83. The molecule has 0 aliphatic heterocycles. The lowest BCUT2D eigenvalue weighted by atomic mass is 10.2. The van der Waals surface area contributed by atoms with Gasteiger partial charge in [-0.1, -0.05) is 30.3 Å².